The summed E-state index contributed by atoms with van der Waals surface area (Å²) >= 11 is 3.19. The van der Waals surface area contributed by atoms with E-state index in [1.54, 1.807) is 6.07 Å². The number of aliphatic hydroxyl groups excluding tert-OH is 1. The number of aliphatic hydroxyl groups is 1. The Bertz CT molecular complexity index is 1330. The van der Waals surface area contributed by atoms with Crippen molar-refractivity contribution in [2.24, 2.45) is 0 Å². The Labute approximate surface area is 248 Å². The summed E-state index contributed by atoms with van der Waals surface area (Å²) in [4.78, 5) is 43.5. The third-order valence-corrected chi connectivity index (χ3v) is 5.74. The predicted molar refractivity (Wildman–Crippen MR) is 147 cm³/mol. The van der Waals surface area contributed by atoms with E-state index in [0.29, 0.717) is 16.5 Å². The van der Waals surface area contributed by atoms with E-state index in [1.807, 2.05) is 0 Å². The quantitative estimate of drug-likeness (QED) is 0.205. The molecule has 0 atom stereocenters. The molecule has 0 heterocycles. The van der Waals surface area contributed by atoms with Gasteiger partial charge < -0.3 is 24.1 Å². The second kappa shape index (κ2) is 18.3. The predicted octanol–water partition coefficient (Wildman–Crippen LogP) is 5.29. The summed E-state index contributed by atoms with van der Waals surface area (Å²) in [7, 11) is 3.58. The lowest BCUT2D eigenvalue weighted by atomic mass is 10.1. The molecule has 0 spiro atoms. The molecule has 1 N–H and O–H groups in total. The van der Waals surface area contributed by atoms with Gasteiger partial charge in [-0.3, -0.25) is 4.79 Å². The first-order valence-corrected chi connectivity index (χ1v) is 12.9. The van der Waals surface area contributed by atoms with E-state index in [1.165, 1.54) is 64.7 Å². The Kier molecular flexibility index (Phi) is 15.6. The van der Waals surface area contributed by atoms with Crippen LogP contribution in [-0.2, 0) is 42.3 Å². The van der Waals surface area contributed by atoms with Crippen LogP contribution in [-0.4, -0.2) is 50.3 Å². The lowest BCUT2D eigenvalue weighted by Crippen LogP contribution is -2.06. The van der Waals surface area contributed by atoms with Crippen molar-refractivity contribution in [2.75, 3.05) is 21.3 Å². The molecule has 0 aliphatic rings. The second-order valence-corrected chi connectivity index (χ2v) is 8.55. The number of benzene rings is 3. The van der Waals surface area contributed by atoms with Gasteiger partial charge in [0.05, 0.1) is 44.6 Å². The Balaban J connectivity index is 0.000000318. The third-order valence-electron chi connectivity index (χ3n) is 5.10. The highest BCUT2D eigenvalue weighted by Gasteiger charge is 2.13. The molecule has 0 aliphatic heterocycles. The number of hydrogen-bond donors (Lipinski definition) is 1. The van der Waals surface area contributed by atoms with E-state index in [4.69, 9.17) is 5.11 Å². The van der Waals surface area contributed by atoms with E-state index in [9.17, 15) is 32.3 Å². The molecule has 0 radical (unpaired) electrons. The van der Waals surface area contributed by atoms with Gasteiger partial charge in [-0.15, -0.1) is 0 Å². The van der Waals surface area contributed by atoms with Crippen molar-refractivity contribution in [1.29, 1.82) is 0 Å². The average molecular weight is 657 g/mol. The van der Waals surface area contributed by atoms with Crippen molar-refractivity contribution in [2.45, 2.75) is 25.5 Å². The first-order valence-electron chi connectivity index (χ1n) is 11.8. The van der Waals surface area contributed by atoms with Crippen molar-refractivity contribution in [3.05, 3.63) is 105 Å². The van der Waals surface area contributed by atoms with E-state index in [-0.39, 0.29) is 29.9 Å². The average Bonchev–Trinajstić information content (AvgIpc) is 2.99. The van der Waals surface area contributed by atoms with Gasteiger partial charge in [0.25, 0.3) is 0 Å². The zero-order chi connectivity index (χ0) is 31.8. The molecule has 3 rings (SSSR count). The van der Waals surface area contributed by atoms with Crippen LogP contribution in [0, 0.1) is 17.5 Å². The van der Waals surface area contributed by atoms with Crippen LogP contribution >= 0.6 is 15.9 Å². The lowest BCUT2D eigenvalue weighted by molar-refractivity contribution is -0.142. The molecule has 0 fully saturated rings. The molecule has 3 aromatic rings. The Morgan fingerprint density at radius 1 is 0.667 bits per heavy atom. The van der Waals surface area contributed by atoms with Gasteiger partial charge in [-0.1, -0.05) is 34.1 Å². The monoisotopic (exact) mass is 656 g/mol. The number of rotatable bonds is 7. The van der Waals surface area contributed by atoms with E-state index in [0.717, 1.165) is 17.7 Å². The van der Waals surface area contributed by atoms with Crippen LogP contribution in [0.25, 0.3) is 0 Å². The maximum Gasteiger partial charge on any atom is 0.340 e. The first kappa shape index (κ1) is 35.8. The normalized spacial score (nSPS) is 9.74. The summed E-state index contributed by atoms with van der Waals surface area (Å²) in [5.41, 5.74) is 1.37. The zero-order valence-corrected chi connectivity index (χ0v) is 24.6. The van der Waals surface area contributed by atoms with Crippen molar-refractivity contribution in [1.82, 2.24) is 0 Å². The van der Waals surface area contributed by atoms with Gasteiger partial charge in [0.1, 0.15) is 24.1 Å². The number of carbonyl (C=O) groups is 4. The van der Waals surface area contributed by atoms with Crippen molar-refractivity contribution in [3.8, 4) is 0 Å². The topological polar surface area (TPSA) is 125 Å². The summed E-state index contributed by atoms with van der Waals surface area (Å²) in [6.07, 6.45) is 0. The van der Waals surface area contributed by atoms with Gasteiger partial charge in [0.15, 0.2) is 0 Å². The van der Waals surface area contributed by atoms with E-state index < -0.39 is 41.3 Å². The molecular formula is C29H28BrF3O9. The molecular weight excluding hydrogens is 629 g/mol. The smallest absolute Gasteiger partial charge is 0.340 e. The highest BCUT2D eigenvalue weighted by molar-refractivity contribution is 9.08. The standard InChI is InChI=1S/C11H11FO4.C9H8BrFO2.C9H9FO3/c1-7(13)16-6-8-3-4-9(10(12)5-8)11(14)15-2;1-13-9(12)7-3-2-6(5-10)4-8(7)11;1-13-9(12)7-3-2-6(5-11)4-8(7)10/h3-5H,6H2,1-2H3;2-4H,5H2,1H3;2-4,11H,5H2,1H3. The molecule has 0 saturated carbocycles. The molecule has 0 aromatic heterocycles. The lowest BCUT2D eigenvalue weighted by Gasteiger charge is -2.05. The summed E-state index contributed by atoms with van der Waals surface area (Å²) in [6, 6.07) is 12.2. The molecule has 226 valence electrons. The van der Waals surface area contributed by atoms with Gasteiger partial charge in [-0.25, -0.2) is 27.6 Å². The third kappa shape index (κ3) is 11.3. The van der Waals surface area contributed by atoms with Crippen molar-refractivity contribution >= 4 is 39.8 Å². The summed E-state index contributed by atoms with van der Waals surface area (Å²) in [5.74, 6) is -4.49. The number of halogens is 4. The Morgan fingerprint density at radius 3 is 1.36 bits per heavy atom. The van der Waals surface area contributed by atoms with Crippen LogP contribution in [0.1, 0.15) is 54.7 Å². The minimum Gasteiger partial charge on any atom is -0.465 e. The zero-order valence-electron chi connectivity index (χ0n) is 23.0. The maximum atomic E-state index is 13.4. The van der Waals surface area contributed by atoms with E-state index in [2.05, 4.69) is 34.9 Å². The molecule has 0 saturated heterocycles. The number of ether oxygens (including phenoxy) is 4. The second-order valence-electron chi connectivity index (χ2n) is 7.99. The minimum absolute atomic E-state index is 0.0201. The highest BCUT2D eigenvalue weighted by atomic mass is 79.9. The summed E-state index contributed by atoms with van der Waals surface area (Å²) in [6.45, 7) is 0.991. The van der Waals surface area contributed by atoms with Crippen molar-refractivity contribution in [3.63, 3.8) is 0 Å². The maximum absolute atomic E-state index is 13.4. The first-order chi connectivity index (χ1) is 19.9. The largest absolute Gasteiger partial charge is 0.465 e. The van der Waals surface area contributed by atoms with Gasteiger partial charge in [-0.2, -0.15) is 0 Å². The summed E-state index contributed by atoms with van der Waals surface area (Å²) < 4.78 is 57.4. The molecule has 42 heavy (non-hydrogen) atoms. The molecule has 3 aromatic carbocycles. The van der Waals surface area contributed by atoms with Gasteiger partial charge in [0.2, 0.25) is 0 Å². The minimum atomic E-state index is -0.739. The molecule has 0 amide bonds. The van der Waals surface area contributed by atoms with Gasteiger partial charge in [-0.05, 0) is 53.1 Å². The Morgan fingerprint density at radius 2 is 1.02 bits per heavy atom. The Hall–Kier alpha value is -4.23. The van der Waals surface area contributed by atoms with Crippen LogP contribution in [0.3, 0.4) is 0 Å². The van der Waals surface area contributed by atoms with Crippen LogP contribution in [0.5, 0.6) is 0 Å². The van der Waals surface area contributed by atoms with Gasteiger partial charge >= 0.3 is 23.9 Å². The van der Waals surface area contributed by atoms with Crippen molar-refractivity contribution < 1.29 is 56.4 Å². The fourth-order valence-electron chi connectivity index (χ4n) is 2.96. The van der Waals surface area contributed by atoms with Crippen LogP contribution in [0.4, 0.5) is 13.2 Å². The fraction of sp³-hybridized carbons (Fsp3) is 0.241. The SMILES string of the molecule is COC(=O)c1ccc(CBr)cc1F.COC(=O)c1ccc(CO)cc1F.COC(=O)c1ccc(COC(C)=O)cc1F. The number of alkyl halides is 1. The van der Waals surface area contributed by atoms with Crippen LogP contribution < -0.4 is 0 Å². The molecule has 0 aliphatic carbocycles. The van der Waals surface area contributed by atoms with Crippen LogP contribution in [0.2, 0.25) is 0 Å². The number of methoxy groups -OCH3 is 3. The molecule has 0 unspecified atom stereocenters. The molecule has 9 nitrogen and oxygen atoms in total. The fourth-order valence-corrected chi connectivity index (χ4v) is 3.31. The highest BCUT2D eigenvalue weighted by Crippen LogP contribution is 2.14. The summed E-state index contributed by atoms with van der Waals surface area (Å²) in [5, 5.41) is 9.23. The molecule has 0 bridgehead atoms. The number of esters is 4. The molecule has 13 heteroatoms. The van der Waals surface area contributed by atoms with Gasteiger partial charge in [0, 0.05) is 12.3 Å². The van der Waals surface area contributed by atoms with E-state index >= 15 is 0 Å². The number of hydrogen-bond acceptors (Lipinski definition) is 9. The van der Waals surface area contributed by atoms with Crippen LogP contribution in [0.15, 0.2) is 54.6 Å². The number of carbonyl (C=O) groups excluding carboxylic acids is 4.